The van der Waals surface area contributed by atoms with Gasteiger partial charge in [0.2, 0.25) is 5.95 Å². The van der Waals surface area contributed by atoms with Crippen molar-refractivity contribution in [3.8, 4) is 0 Å². The van der Waals surface area contributed by atoms with Gasteiger partial charge < -0.3 is 10.6 Å². The minimum atomic E-state index is -3.28. The number of sulfone groups is 1. The Bertz CT molecular complexity index is 896. The van der Waals surface area contributed by atoms with Crippen molar-refractivity contribution < 1.29 is 13.2 Å². The normalized spacial score (nSPS) is 18.5. The van der Waals surface area contributed by atoms with Crippen LogP contribution >= 0.6 is 0 Å². The number of aryl methyl sites for hydroxylation is 1. The van der Waals surface area contributed by atoms with Gasteiger partial charge >= 0.3 is 0 Å². The van der Waals surface area contributed by atoms with E-state index in [1.165, 1.54) is 0 Å². The first kappa shape index (κ1) is 16.4. The van der Waals surface area contributed by atoms with Crippen LogP contribution in [0, 0.1) is 6.92 Å². The molecule has 1 atom stereocenters. The highest BCUT2D eigenvalue weighted by molar-refractivity contribution is 7.91. The number of hydrogen-bond donors (Lipinski definition) is 2. The third kappa shape index (κ3) is 3.09. The SMILES string of the molecule is CNc1nc(C)cc(C(=O)NC2CCS(=O)(=O)c3ccccc32)n1. The first-order valence-corrected chi connectivity index (χ1v) is 9.22. The molecule has 1 unspecified atom stereocenters. The Balaban J connectivity index is 1.89. The number of hydrogen-bond acceptors (Lipinski definition) is 6. The lowest BCUT2D eigenvalue weighted by atomic mass is 10.0. The van der Waals surface area contributed by atoms with Gasteiger partial charge in [-0.25, -0.2) is 18.4 Å². The minimum absolute atomic E-state index is 0.0134. The lowest BCUT2D eigenvalue weighted by Crippen LogP contribution is -2.34. The standard InChI is InChI=1S/C16H18N4O3S/c1-10-9-13(20-16(17-2)18-10)15(21)19-12-7-8-24(22,23)14-6-4-3-5-11(12)14/h3-6,9,12H,7-8H2,1-2H3,(H,19,21)(H,17,18,20). The van der Waals surface area contributed by atoms with Gasteiger partial charge in [0, 0.05) is 12.7 Å². The summed E-state index contributed by atoms with van der Waals surface area (Å²) in [7, 11) is -1.60. The Morgan fingerprint density at radius 1 is 1.25 bits per heavy atom. The van der Waals surface area contributed by atoms with Crippen molar-refractivity contribution >= 4 is 21.7 Å². The number of nitrogens with one attached hydrogen (secondary N) is 2. The van der Waals surface area contributed by atoms with E-state index in [9.17, 15) is 13.2 Å². The van der Waals surface area contributed by atoms with E-state index in [1.54, 1.807) is 44.3 Å². The van der Waals surface area contributed by atoms with E-state index >= 15 is 0 Å². The van der Waals surface area contributed by atoms with Gasteiger partial charge in [0.1, 0.15) is 5.69 Å². The number of fused-ring (bicyclic) bond motifs is 1. The predicted octanol–water partition coefficient (Wildman–Crippen LogP) is 1.48. The first-order chi connectivity index (χ1) is 11.4. The van der Waals surface area contributed by atoms with Crippen molar-refractivity contribution in [1.29, 1.82) is 0 Å². The molecule has 1 aromatic heterocycles. The van der Waals surface area contributed by atoms with E-state index in [1.807, 2.05) is 0 Å². The molecule has 126 valence electrons. The lowest BCUT2D eigenvalue weighted by molar-refractivity contribution is 0.0929. The average molecular weight is 346 g/mol. The molecule has 0 bridgehead atoms. The smallest absolute Gasteiger partial charge is 0.270 e. The van der Waals surface area contributed by atoms with Crippen LogP contribution in [0.4, 0.5) is 5.95 Å². The summed E-state index contributed by atoms with van der Waals surface area (Å²) in [4.78, 5) is 21.1. The summed E-state index contributed by atoms with van der Waals surface area (Å²) in [6, 6.07) is 8.02. The number of aromatic nitrogens is 2. The maximum atomic E-state index is 12.5. The number of rotatable bonds is 3. The van der Waals surface area contributed by atoms with Crippen LogP contribution in [0.15, 0.2) is 35.2 Å². The number of benzene rings is 1. The molecule has 1 aromatic carbocycles. The second kappa shape index (κ2) is 6.20. The molecule has 0 spiro atoms. The first-order valence-electron chi connectivity index (χ1n) is 7.56. The van der Waals surface area contributed by atoms with Gasteiger partial charge in [-0.3, -0.25) is 4.79 Å². The van der Waals surface area contributed by atoms with Gasteiger partial charge in [-0.1, -0.05) is 18.2 Å². The maximum absolute atomic E-state index is 12.5. The van der Waals surface area contributed by atoms with Gasteiger partial charge in [-0.15, -0.1) is 0 Å². The molecular weight excluding hydrogens is 328 g/mol. The number of amides is 1. The molecule has 0 saturated heterocycles. The summed E-state index contributed by atoms with van der Waals surface area (Å²) < 4.78 is 24.3. The Morgan fingerprint density at radius 2 is 2.00 bits per heavy atom. The van der Waals surface area contributed by atoms with Crippen molar-refractivity contribution in [3.05, 3.63) is 47.3 Å². The molecule has 3 rings (SSSR count). The molecule has 0 saturated carbocycles. The van der Waals surface area contributed by atoms with Crippen molar-refractivity contribution in [3.63, 3.8) is 0 Å². The van der Waals surface area contributed by atoms with Crippen LogP contribution in [0.25, 0.3) is 0 Å². The van der Waals surface area contributed by atoms with Crippen molar-refractivity contribution in [1.82, 2.24) is 15.3 Å². The molecule has 0 fully saturated rings. The van der Waals surface area contributed by atoms with Crippen molar-refractivity contribution in [2.75, 3.05) is 18.1 Å². The van der Waals surface area contributed by atoms with Crippen LogP contribution in [-0.4, -0.2) is 37.1 Å². The molecule has 1 aliphatic heterocycles. The van der Waals surface area contributed by atoms with Crippen LogP contribution in [0.2, 0.25) is 0 Å². The van der Waals surface area contributed by atoms with E-state index in [4.69, 9.17) is 0 Å². The second-order valence-electron chi connectivity index (χ2n) is 5.64. The molecule has 24 heavy (non-hydrogen) atoms. The van der Waals surface area contributed by atoms with Crippen molar-refractivity contribution in [2.45, 2.75) is 24.3 Å². The van der Waals surface area contributed by atoms with Crippen LogP contribution < -0.4 is 10.6 Å². The molecule has 0 radical (unpaired) electrons. The van der Waals surface area contributed by atoms with Gasteiger partial charge in [0.25, 0.3) is 5.91 Å². The lowest BCUT2D eigenvalue weighted by Gasteiger charge is -2.26. The summed E-state index contributed by atoms with van der Waals surface area (Å²) in [5.41, 5.74) is 1.54. The van der Waals surface area contributed by atoms with E-state index < -0.39 is 9.84 Å². The van der Waals surface area contributed by atoms with Gasteiger partial charge in [0.15, 0.2) is 9.84 Å². The highest BCUT2D eigenvalue weighted by Gasteiger charge is 2.31. The molecular formula is C16H18N4O3S. The third-order valence-corrected chi connectivity index (χ3v) is 5.74. The molecule has 8 heteroatoms. The Labute approximate surface area is 140 Å². The zero-order valence-corrected chi connectivity index (χ0v) is 14.2. The van der Waals surface area contributed by atoms with E-state index in [-0.39, 0.29) is 28.3 Å². The molecule has 1 aliphatic rings. The second-order valence-corrected chi connectivity index (χ2v) is 7.72. The Hall–Kier alpha value is -2.48. The summed E-state index contributed by atoms with van der Waals surface area (Å²) in [5, 5.41) is 5.70. The van der Waals surface area contributed by atoms with E-state index in [0.29, 0.717) is 23.6 Å². The largest absolute Gasteiger partial charge is 0.357 e. The Kier molecular flexibility index (Phi) is 4.23. The number of carbonyl (C=O) groups is 1. The van der Waals surface area contributed by atoms with Gasteiger partial charge in [-0.2, -0.15) is 0 Å². The maximum Gasteiger partial charge on any atom is 0.270 e. The molecule has 1 amide bonds. The minimum Gasteiger partial charge on any atom is -0.357 e. The summed E-state index contributed by atoms with van der Waals surface area (Å²) in [6.07, 6.45) is 0.341. The fraction of sp³-hybridized carbons (Fsp3) is 0.312. The topological polar surface area (TPSA) is 101 Å². The molecule has 2 aromatic rings. The van der Waals surface area contributed by atoms with Gasteiger partial charge in [-0.05, 0) is 31.0 Å². The molecule has 2 heterocycles. The highest BCUT2D eigenvalue weighted by Crippen LogP contribution is 2.32. The van der Waals surface area contributed by atoms with Crippen LogP contribution in [0.5, 0.6) is 0 Å². The highest BCUT2D eigenvalue weighted by atomic mass is 32.2. The van der Waals surface area contributed by atoms with Crippen LogP contribution in [0.1, 0.15) is 34.2 Å². The van der Waals surface area contributed by atoms with Gasteiger partial charge in [0.05, 0.1) is 16.7 Å². The predicted molar refractivity (Wildman–Crippen MR) is 89.6 cm³/mol. The molecule has 7 nitrogen and oxygen atoms in total. The Morgan fingerprint density at radius 3 is 2.75 bits per heavy atom. The quantitative estimate of drug-likeness (QED) is 0.873. The number of carbonyl (C=O) groups excluding carboxylic acids is 1. The third-order valence-electron chi connectivity index (χ3n) is 3.92. The van der Waals surface area contributed by atoms with E-state index in [0.717, 1.165) is 0 Å². The van der Waals surface area contributed by atoms with Crippen LogP contribution in [0.3, 0.4) is 0 Å². The van der Waals surface area contributed by atoms with Crippen LogP contribution in [-0.2, 0) is 9.84 Å². The fourth-order valence-corrected chi connectivity index (χ4v) is 4.39. The monoisotopic (exact) mass is 346 g/mol. The molecule has 2 N–H and O–H groups in total. The fourth-order valence-electron chi connectivity index (χ4n) is 2.77. The van der Waals surface area contributed by atoms with Crippen molar-refractivity contribution in [2.24, 2.45) is 0 Å². The zero-order chi connectivity index (χ0) is 17.3. The summed E-state index contributed by atoms with van der Waals surface area (Å²) >= 11 is 0. The molecule has 0 aliphatic carbocycles. The van der Waals surface area contributed by atoms with E-state index in [2.05, 4.69) is 20.6 Å². The number of nitrogens with zero attached hydrogens (tertiary/aromatic N) is 2. The zero-order valence-electron chi connectivity index (χ0n) is 13.4. The average Bonchev–Trinajstić information content (AvgIpc) is 2.57. The summed E-state index contributed by atoms with van der Waals surface area (Å²) in [5.74, 6) is 0.0300. The number of anilines is 1. The summed E-state index contributed by atoms with van der Waals surface area (Å²) in [6.45, 7) is 1.78.